The highest BCUT2D eigenvalue weighted by Gasteiger charge is 2.22. The van der Waals surface area contributed by atoms with Gasteiger partial charge in [-0.3, -0.25) is 11.3 Å². The van der Waals surface area contributed by atoms with Crippen molar-refractivity contribution in [2.45, 2.75) is 31.9 Å². The van der Waals surface area contributed by atoms with E-state index in [1.54, 1.807) is 18.2 Å². The Hall–Kier alpha value is -1.24. The van der Waals surface area contributed by atoms with Crippen LogP contribution in [0.2, 0.25) is 0 Å². The maximum absolute atomic E-state index is 12.4. The van der Waals surface area contributed by atoms with Gasteiger partial charge in [-0.1, -0.05) is 18.2 Å². The summed E-state index contributed by atoms with van der Waals surface area (Å²) in [6.07, 6.45) is 2.72. The van der Waals surface area contributed by atoms with Crippen LogP contribution in [-0.2, 0) is 4.74 Å². The molecule has 0 saturated carbocycles. The van der Waals surface area contributed by atoms with Crippen molar-refractivity contribution < 1.29 is 18.3 Å². The highest BCUT2D eigenvalue weighted by molar-refractivity contribution is 5.36. The van der Waals surface area contributed by atoms with Gasteiger partial charge in [0.05, 0.1) is 0 Å². The number of benzene rings is 1. The van der Waals surface area contributed by atoms with Crippen molar-refractivity contribution in [2.24, 2.45) is 11.8 Å². The fourth-order valence-corrected chi connectivity index (χ4v) is 2.57. The lowest BCUT2D eigenvalue weighted by molar-refractivity contribution is -0.0508. The quantitative estimate of drug-likeness (QED) is 0.623. The van der Waals surface area contributed by atoms with Gasteiger partial charge in [-0.05, 0) is 31.2 Å². The molecule has 1 aromatic carbocycles. The van der Waals surface area contributed by atoms with Gasteiger partial charge in [0.15, 0.2) is 0 Å². The molecule has 112 valence electrons. The lowest BCUT2D eigenvalue weighted by atomic mass is 9.89. The molecular formula is C14H20F2N2O2. The zero-order valence-electron chi connectivity index (χ0n) is 11.2. The molecule has 0 aliphatic carbocycles. The number of nitrogens with two attached hydrogens (primary N) is 1. The number of para-hydroxylation sites is 1. The summed E-state index contributed by atoms with van der Waals surface area (Å²) in [4.78, 5) is 0. The Bertz CT molecular complexity index is 412. The van der Waals surface area contributed by atoms with Crippen molar-refractivity contribution in [2.75, 3.05) is 13.2 Å². The number of rotatable bonds is 6. The Labute approximate surface area is 117 Å². The van der Waals surface area contributed by atoms with E-state index < -0.39 is 6.61 Å². The third-order valence-electron chi connectivity index (χ3n) is 3.62. The van der Waals surface area contributed by atoms with Crippen molar-refractivity contribution >= 4 is 0 Å². The largest absolute Gasteiger partial charge is 0.434 e. The Morgan fingerprint density at radius 1 is 1.30 bits per heavy atom. The molecule has 1 saturated heterocycles. The third kappa shape index (κ3) is 4.13. The molecule has 1 heterocycles. The first-order chi connectivity index (χ1) is 9.70. The molecule has 1 unspecified atom stereocenters. The Morgan fingerprint density at radius 2 is 2.00 bits per heavy atom. The van der Waals surface area contributed by atoms with Crippen LogP contribution in [0, 0.1) is 5.92 Å². The van der Waals surface area contributed by atoms with Crippen LogP contribution in [-0.4, -0.2) is 19.8 Å². The predicted molar refractivity (Wildman–Crippen MR) is 71.3 cm³/mol. The average Bonchev–Trinajstić information content (AvgIpc) is 2.46. The summed E-state index contributed by atoms with van der Waals surface area (Å²) in [5.41, 5.74) is 3.38. The van der Waals surface area contributed by atoms with Crippen LogP contribution in [0.3, 0.4) is 0 Å². The highest BCUT2D eigenvalue weighted by atomic mass is 19.3. The predicted octanol–water partition coefficient (Wildman–Crippen LogP) is 2.61. The standard InChI is InChI=1S/C14H20F2N2O2/c15-14(16)20-13-4-2-1-3-11(13)12(18-17)9-10-5-7-19-8-6-10/h1-4,10,12,14,18H,5-9,17H2. The van der Waals surface area contributed by atoms with Crippen LogP contribution in [0.15, 0.2) is 24.3 Å². The molecule has 20 heavy (non-hydrogen) atoms. The Kier molecular flexibility index (Phi) is 5.70. The number of ether oxygens (including phenoxy) is 2. The van der Waals surface area contributed by atoms with E-state index in [1.807, 2.05) is 0 Å². The number of alkyl halides is 2. The van der Waals surface area contributed by atoms with Gasteiger partial charge >= 0.3 is 6.61 Å². The van der Waals surface area contributed by atoms with Crippen molar-refractivity contribution in [1.29, 1.82) is 0 Å². The topological polar surface area (TPSA) is 56.5 Å². The molecule has 4 nitrogen and oxygen atoms in total. The SMILES string of the molecule is NNC(CC1CCOCC1)c1ccccc1OC(F)F. The first-order valence-corrected chi connectivity index (χ1v) is 6.78. The summed E-state index contributed by atoms with van der Waals surface area (Å²) in [7, 11) is 0. The van der Waals surface area contributed by atoms with E-state index in [-0.39, 0.29) is 11.8 Å². The van der Waals surface area contributed by atoms with Gasteiger partial charge in [0.1, 0.15) is 5.75 Å². The van der Waals surface area contributed by atoms with E-state index in [0.717, 1.165) is 32.5 Å². The molecule has 1 aliphatic heterocycles. The van der Waals surface area contributed by atoms with E-state index >= 15 is 0 Å². The minimum atomic E-state index is -2.84. The molecule has 3 N–H and O–H groups in total. The molecule has 1 fully saturated rings. The maximum Gasteiger partial charge on any atom is 0.387 e. The van der Waals surface area contributed by atoms with E-state index in [2.05, 4.69) is 10.2 Å². The van der Waals surface area contributed by atoms with Gasteiger partial charge in [0.2, 0.25) is 0 Å². The Balaban J connectivity index is 2.09. The molecule has 0 bridgehead atoms. The normalized spacial score (nSPS) is 18.2. The molecule has 0 radical (unpaired) electrons. The van der Waals surface area contributed by atoms with E-state index in [1.165, 1.54) is 6.07 Å². The summed E-state index contributed by atoms with van der Waals surface area (Å²) in [6.45, 7) is -1.34. The van der Waals surface area contributed by atoms with Gasteiger partial charge in [0.25, 0.3) is 0 Å². The molecule has 0 spiro atoms. The molecule has 6 heteroatoms. The van der Waals surface area contributed by atoms with Crippen molar-refractivity contribution in [1.82, 2.24) is 5.43 Å². The number of hydrogen-bond acceptors (Lipinski definition) is 4. The lowest BCUT2D eigenvalue weighted by Gasteiger charge is -2.27. The zero-order chi connectivity index (χ0) is 14.4. The first kappa shape index (κ1) is 15.2. The van der Waals surface area contributed by atoms with E-state index in [0.29, 0.717) is 11.5 Å². The zero-order valence-corrected chi connectivity index (χ0v) is 11.2. The van der Waals surface area contributed by atoms with Crippen LogP contribution >= 0.6 is 0 Å². The van der Waals surface area contributed by atoms with E-state index in [4.69, 9.17) is 10.6 Å². The Morgan fingerprint density at radius 3 is 2.65 bits per heavy atom. The number of halogens is 2. The van der Waals surface area contributed by atoms with Gasteiger partial charge in [-0.2, -0.15) is 8.78 Å². The van der Waals surface area contributed by atoms with E-state index in [9.17, 15) is 8.78 Å². The molecule has 1 atom stereocenters. The van der Waals surface area contributed by atoms with Gasteiger partial charge in [-0.15, -0.1) is 0 Å². The van der Waals surface area contributed by atoms with Gasteiger partial charge in [-0.25, -0.2) is 0 Å². The average molecular weight is 286 g/mol. The third-order valence-corrected chi connectivity index (χ3v) is 3.62. The second-order valence-corrected chi connectivity index (χ2v) is 4.93. The first-order valence-electron chi connectivity index (χ1n) is 6.78. The molecule has 1 aliphatic rings. The van der Waals surface area contributed by atoms with Crippen LogP contribution in [0.4, 0.5) is 8.78 Å². The van der Waals surface area contributed by atoms with Crippen molar-refractivity contribution in [3.05, 3.63) is 29.8 Å². The molecule has 1 aromatic rings. The van der Waals surface area contributed by atoms with Crippen molar-refractivity contribution in [3.8, 4) is 5.75 Å². The molecular weight excluding hydrogens is 266 g/mol. The van der Waals surface area contributed by atoms with Crippen LogP contribution in [0.25, 0.3) is 0 Å². The van der Waals surface area contributed by atoms with Gasteiger partial charge < -0.3 is 9.47 Å². The van der Waals surface area contributed by atoms with Crippen LogP contribution in [0.5, 0.6) is 5.75 Å². The summed E-state index contributed by atoms with van der Waals surface area (Å²) in [5.74, 6) is 6.25. The van der Waals surface area contributed by atoms with Crippen LogP contribution in [0.1, 0.15) is 30.9 Å². The summed E-state index contributed by atoms with van der Waals surface area (Å²) >= 11 is 0. The summed E-state index contributed by atoms with van der Waals surface area (Å²) in [5, 5.41) is 0. The number of nitrogens with one attached hydrogen (secondary N) is 1. The van der Waals surface area contributed by atoms with Crippen molar-refractivity contribution in [3.63, 3.8) is 0 Å². The summed E-state index contributed by atoms with van der Waals surface area (Å²) in [6, 6.07) is 6.57. The second-order valence-electron chi connectivity index (χ2n) is 4.93. The monoisotopic (exact) mass is 286 g/mol. The maximum atomic E-state index is 12.4. The molecule has 0 aromatic heterocycles. The highest BCUT2D eigenvalue weighted by Crippen LogP contribution is 2.32. The fraction of sp³-hybridized carbons (Fsp3) is 0.571. The fourth-order valence-electron chi connectivity index (χ4n) is 2.57. The minimum Gasteiger partial charge on any atom is -0.434 e. The second kappa shape index (κ2) is 7.52. The summed E-state index contributed by atoms with van der Waals surface area (Å²) < 4.78 is 34.8. The lowest BCUT2D eigenvalue weighted by Crippen LogP contribution is -2.31. The molecule has 2 rings (SSSR count). The van der Waals surface area contributed by atoms with Gasteiger partial charge in [0, 0.05) is 24.8 Å². The minimum absolute atomic E-state index is 0.178. The number of hydrazine groups is 1. The smallest absolute Gasteiger partial charge is 0.387 e. The number of hydrogen-bond donors (Lipinski definition) is 2. The van der Waals surface area contributed by atoms with Crippen LogP contribution < -0.4 is 16.0 Å². The molecule has 0 amide bonds.